The van der Waals surface area contributed by atoms with Crippen LogP contribution in [0.5, 0.6) is 0 Å². The Balaban J connectivity index is 0.000000236. The predicted molar refractivity (Wildman–Crippen MR) is 410 cm³/mol. The molecule has 0 aliphatic heterocycles. The third kappa shape index (κ3) is 23.5. The molecule has 0 unspecified atom stereocenters. The Morgan fingerprint density at radius 1 is 0.124 bits per heavy atom. The smallest absolute Gasteiger partial charge is 0.101 e. The zero-order chi connectivity index (χ0) is 57.1. The second-order valence-electron chi connectivity index (χ2n) is 20.8. The van der Waals surface area contributed by atoms with Gasteiger partial charge in [-0.15, -0.1) is 0 Å². The number of hydrogen-bond acceptors (Lipinski definition) is 2. The van der Waals surface area contributed by atoms with Crippen LogP contribution in [-0.4, -0.2) is 37.0 Å². The minimum absolute atomic E-state index is 0. The summed E-state index contributed by atoms with van der Waals surface area (Å²) in [6.45, 7) is 0. The average molecular weight is 1590 g/mol. The summed E-state index contributed by atoms with van der Waals surface area (Å²) in [6.07, 6.45) is 7.56. The number of thiol groups is 2. The van der Waals surface area contributed by atoms with E-state index in [1.165, 1.54) is 101 Å². The molecule has 0 nitrogen and oxygen atoms in total. The fraction of sp³-hybridized carbons (Fsp3) is 0.0769. The summed E-state index contributed by atoms with van der Waals surface area (Å²) in [5.74, 6) is 0. The molecule has 11 heteroatoms. The van der Waals surface area contributed by atoms with Gasteiger partial charge in [0.25, 0.3) is 0 Å². The second-order valence-corrected chi connectivity index (χ2v) is 36.4. The van der Waals surface area contributed by atoms with Crippen LogP contribution >= 0.6 is 47.5 Å². The van der Waals surface area contributed by atoms with Gasteiger partial charge in [0.15, 0.2) is 0 Å². The van der Waals surface area contributed by atoms with E-state index in [-0.39, 0.29) is 88.3 Å². The Hall–Kier alpha value is -4.09. The van der Waals surface area contributed by atoms with Crippen LogP contribution in [0.15, 0.2) is 364 Å². The van der Waals surface area contributed by atoms with Crippen LogP contribution in [0.4, 0.5) is 0 Å². The summed E-state index contributed by atoms with van der Waals surface area (Å²) in [5.41, 5.74) is 0. The molecule has 0 spiro atoms. The van der Waals surface area contributed by atoms with Crippen molar-refractivity contribution in [1.82, 2.24) is 0 Å². The standard InChI is InChI=1S/3C26H24P2.3Pd.2H2S/c3*1-5-13-23(14-6-1)27(24-15-7-2-8-16-24)21-22-28(25-17-9-3-10-18-25)26-19-11-4-12-20-26;;;;;/h3*1-20H,21-22H2;;;;2*1H2/p+4. The molecule has 0 fully saturated rings. The summed E-state index contributed by atoms with van der Waals surface area (Å²) < 4.78 is 0. The maximum absolute atomic E-state index is 2.32. The molecule has 89 heavy (non-hydrogen) atoms. The van der Waals surface area contributed by atoms with Crippen LogP contribution in [0.2, 0.25) is 0 Å². The fourth-order valence-electron chi connectivity index (χ4n) is 11.2. The maximum Gasteiger partial charge on any atom is 0.101 e. The minimum atomic E-state index is -0.783. The van der Waals surface area contributed by atoms with Crippen LogP contribution in [0.25, 0.3) is 0 Å². The summed E-state index contributed by atoms with van der Waals surface area (Å²) >= 11 is 0. The monoisotopic (exact) mass is 1580 g/mol. The Morgan fingerprint density at radius 3 is 0.258 bits per heavy atom. The van der Waals surface area contributed by atoms with Gasteiger partial charge in [-0.1, -0.05) is 218 Å². The Kier molecular flexibility index (Phi) is 36.5. The quantitative estimate of drug-likeness (QED) is 0.0304. The van der Waals surface area contributed by atoms with Crippen molar-refractivity contribution in [2.75, 3.05) is 37.0 Å². The van der Waals surface area contributed by atoms with Crippen molar-refractivity contribution in [3.05, 3.63) is 364 Å². The summed E-state index contributed by atoms with van der Waals surface area (Å²) in [4.78, 5) is 0. The first-order valence-electron chi connectivity index (χ1n) is 29.5. The van der Waals surface area contributed by atoms with Crippen LogP contribution in [0.1, 0.15) is 0 Å². The van der Waals surface area contributed by atoms with E-state index in [0.29, 0.717) is 0 Å². The van der Waals surface area contributed by atoms with Crippen molar-refractivity contribution in [3.8, 4) is 0 Å². The second kappa shape index (κ2) is 42.9. The molecule has 0 amide bonds. The van der Waals surface area contributed by atoms with Gasteiger partial charge in [-0.2, -0.15) is 0 Å². The molecule has 12 aromatic carbocycles. The van der Waals surface area contributed by atoms with Gasteiger partial charge in [0.2, 0.25) is 0 Å². The number of benzene rings is 12. The van der Waals surface area contributed by atoms with Crippen LogP contribution in [0, 0.1) is 0 Å². The Morgan fingerprint density at radius 2 is 0.191 bits per heavy atom. The topological polar surface area (TPSA) is 0 Å². The van der Waals surface area contributed by atoms with Crippen LogP contribution < -0.4 is 63.7 Å². The Bertz CT molecular complexity index is 2800. The largest absolute Gasteiger partial charge is 0.813 e. The molecule has 0 N–H and O–H groups in total. The summed E-state index contributed by atoms with van der Waals surface area (Å²) in [6, 6.07) is 134. The molecule has 12 rings (SSSR count). The van der Waals surface area contributed by atoms with Crippen molar-refractivity contribution < 1.29 is 61.3 Å². The molecule has 0 bridgehead atoms. The molecule has 12 aromatic rings. The third-order valence-electron chi connectivity index (χ3n) is 15.3. The first-order chi connectivity index (χ1) is 41.7. The van der Waals surface area contributed by atoms with Gasteiger partial charge >= 0.3 is 0 Å². The first-order valence-corrected chi connectivity index (χ1v) is 39.8. The van der Waals surface area contributed by atoms with Crippen molar-refractivity contribution in [1.29, 1.82) is 0 Å². The first kappa shape index (κ1) is 75.6. The molecule has 0 radical (unpaired) electrons. The van der Waals surface area contributed by atoms with E-state index in [1.807, 2.05) is 0 Å². The summed E-state index contributed by atoms with van der Waals surface area (Å²) in [5, 5.41) is 18.2. The van der Waals surface area contributed by atoms with Gasteiger partial charge < -0.3 is 27.0 Å². The predicted octanol–water partition coefficient (Wildman–Crippen LogP) is 13.6. The van der Waals surface area contributed by atoms with E-state index in [4.69, 9.17) is 0 Å². The Labute approximate surface area is 594 Å². The van der Waals surface area contributed by atoms with E-state index in [9.17, 15) is 0 Å². The molecular weight excluding hydrogens is 1510 g/mol. The van der Waals surface area contributed by atoms with Gasteiger partial charge in [-0.05, 0) is 146 Å². The molecule has 0 aliphatic carbocycles. The van der Waals surface area contributed by atoms with Gasteiger partial charge in [0.05, 0.1) is 111 Å². The molecule has 0 aromatic heterocycles. The van der Waals surface area contributed by atoms with Crippen molar-refractivity contribution >= 4 is 138 Å². The van der Waals surface area contributed by atoms with Crippen LogP contribution in [0.3, 0.4) is 0 Å². The number of hydrogen-bond donors (Lipinski definition) is 0. The van der Waals surface area contributed by atoms with Crippen molar-refractivity contribution in [3.63, 3.8) is 0 Å². The van der Waals surface area contributed by atoms with E-state index < -0.39 is 47.5 Å². The van der Waals surface area contributed by atoms with Gasteiger partial charge in [0, 0.05) is 61.3 Å². The van der Waals surface area contributed by atoms with Crippen molar-refractivity contribution in [2.24, 2.45) is 0 Å². The fourth-order valence-corrected chi connectivity index (χ4v) is 29.8. The maximum atomic E-state index is 2.32. The van der Waals surface area contributed by atoms with Crippen LogP contribution in [-0.2, 0) is 88.3 Å². The zero-order valence-electron chi connectivity index (χ0n) is 49.7. The molecule has 0 atom stereocenters. The third-order valence-corrected chi connectivity index (χ3v) is 33.7. The van der Waals surface area contributed by atoms with E-state index in [1.54, 1.807) is 0 Å². The summed E-state index contributed by atoms with van der Waals surface area (Å²) in [7, 11) is -4.70. The average Bonchev–Trinajstić information content (AvgIpc) is 2.82. The molecular formula is C78H80P6Pd3S2+4. The van der Waals surface area contributed by atoms with Gasteiger partial charge in [0.1, 0.15) is 37.0 Å². The number of rotatable bonds is 21. The SMILES string of the molecule is [Pd].[Pd].[Pd].[SH-].[SH-].c1ccc([PH+](CC[PH+](c2ccccc2)c2ccccc2)c2ccccc2)cc1.c1ccc([PH+](CC[PH+](c2ccccc2)c2ccccc2)c2ccccc2)cc1.c1ccc([PH+](CC[PH+](c2ccccc2)c2ccccc2)c2ccccc2)cc1. The van der Waals surface area contributed by atoms with Gasteiger partial charge in [-0.3, -0.25) is 0 Å². The van der Waals surface area contributed by atoms with Crippen molar-refractivity contribution in [2.45, 2.75) is 0 Å². The zero-order valence-corrected chi connectivity index (χ0v) is 62.2. The molecule has 0 aliphatic rings. The van der Waals surface area contributed by atoms with E-state index in [0.717, 1.165) is 0 Å². The molecule has 0 saturated heterocycles. The minimum Gasteiger partial charge on any atom is -0.813 e. The normalized spacial score (nSPS) is 10.4. The molecule has 460 valence electrons. The van der Waals surface area contributed by atoms with Gasteiger partial charge in [-0.25, -0.2) is 0 Å². The van der Waals surface area contributed by atoms with E-state index in [2.05, 4.69) is 364 Å². The molecule has 0 heterocycles. The molecule has 0 saturated carbocycles. The van der Waals surface area contributed by atoms with E-state index >= 15 is 0 Å².